The Balaban J connectivity index is 1.95. The summed E-state index contributed by atoms with van der Waals surface area (Å²) >= 11 is 0. The molecule has 0 N–H and O–H groups in total. The van der Waals surface area contributed by atoms with E-state index in [0.29, 0.717) is 23.9 Å². The van der Waals surface area contributed by atoms with Crippen LogP contribution in [-0.2, 0) is 4.79 Å². The van der Waals surface area contributed by atoms with E-state index in [2.05, 4.69) is 18.7 Å². The van der Waals surface area contributed by atoms with Crippen molar-refractivity contribution < 1.29 is 4.79 Å². The van der Waals surface area contributed by atoms with Crippen molar-refractivity contribution >= 4 is 5.91 Å². The number of hydrogen-bond acceptors (Lipinski definition) is 1. The monoisotopic (exact) mass is 223 g/mol. The highest BCUT2D eigenvalue weighted by Gasteiger charge is 2.37. The fraction of sp³-hybridized carbons (Fsp3) is 0.929. The smallest absolute Gasteiger partial charge is 0.223 e. The van der Waals surface area contributed by atoms with Crippen LogP contribution in [0.1, 0.15) is 65.2 Å². The Kier molecular flexibility index (Phi) is 3.88. The van der Waals surface area contributed by atoms with Gasteiger partial charge in [-0.25, -0.2) is 0 Å². The zero-order valence-corrected chi connectivity index (χ0v) is 10.7. The molecule has 0 atom stereocenters. The lowest BCUT2D eigenvalue weighted by Crippen LogP contribution is -2.43. The van der Waals surface area contributed by atoms with E-state index in [1.54, 1.807) is 0 Å². The number of amides is 1. The lowest BCUT2D eigenvalue weighted by atomic mass is 9.93. The van der Waals surface area contributed by atoms with Gasteiger partial charge in [0.1, 0.15) is 0 Å². The molecular weight excluding hydrogens is 198 g/mol. The van der Waals surface area contributed by atoms with Crippen molar-refractivity contribution in [2.24, 2.45) is 5.92 Å². The van der Waals surface area contributed by atoms with E-state index in [9.17, 15) is 4.79 Å². The number of rotatable bonds is 4. The Bertz CT molecular complexity index is 239. The third kappa shape index (κ3) is 2.99. The number of nitrogens with zero attached hydrogens (tertiary/aromatic N) is 1. The molecule has 2 rings (SSSR count). The second-order valence-corrected chi connectivity index (χ2v) is 5.92. The van der Waals surface area contributed by atoms with E-state index in [1.807, 2.05) is 0 Å². The minimum absolute atomic E-state index is 0.421. The molecule has 0 unspecified atom stereocenters. The standard InChI is InChI=1S/C14H25NO/c1-11(2)10-14(16)15(13-8-9-13)12-6-4-3-5-7-12/h11-13H,3-10H2,1-2H3. The van der Waals surface area contributed by atoms with Crippen LogP contribution in [0.15, 0.2) is 0 Å². The van der Waals surface area contributed by atoms with Crippen LogP contribution in [0.2, 0.25) is 0 Å². The lowest BCUT2D eigenvalue weighted by molar-refractivity contribution is -0.135. The molecule has 2 fully saturated rings. The first-order chi connectivity index (χ1) is 7.68. The molecule has 0 aromatic rings. The zero-order chi connectivity index (χ0) is 11.5. The van der Waals surface area contributed by atoms with E-state index in [-0.39, 0.29) is 0 Å². The molecule has 2 aliphatic carbocycles. The summed E-state index contributed by atoms with van der Waals surface area (Å²) in [5, 5.41) is 0. The van der Waals surface area contributed by atoms with Crippen LogP contribution >= 0.6 is 0 Å². The molecule has 2 nitrogen and oxygen atoms in total. The van der Waals surface area contributed by atoms with Gasteiger partial charge in [0.2, 0.25) is 5.91 Å². The fourth-order valence-corrected chi connectivity index (χ4v) is 2.87. The molecule has 0 spiro atoms. The molecule has 2 heteroatoms. The molecule has 2 aliphatic rings. The summed E-state index contributed by atoms with van der Waals surface area (Å²) in [6, 6.07) is 1.18. The van der Waals surface area contributed by atoms with Gasteiger partial charge < -0.3 is 4.90 Å². The second-order valence-electron chi connectivity index (χ2n) is 5.92. The molecule has 0 saturated heterocycles. The molecular formula is C14H25NO. The first-order valence-corrected chi connectivity index (χ1v) is 6.99. The topological polar surface area (TPSA) is 20.3 Å². The Morgan fingerprint density at radius 3 is 2.12 bits per heavy atom. The molecule has 0 heterocycles. The summed E-state index contributed by atoms with van der Waals surface area (Å²) in [6.07, 6.45) is 9.76. The molecule has 0 aromatic carbocycles. The Labute approximate surface area is 99.4 Å². The molecule has 2 saturated carbocycles. The van der Waals surface area contributed by atoms with Gasteiger partial charge in [-0.15, -0.1) is 0 Å². The normalized spacial score (nSPS) is 22.4. The van der Waals surface area contributed by atoms with E-state index in [1.165, 1.54) is 44.9 Å². The predicted molar refractivity (Wildman–Crippen MR) is 66.2 cm³/mol. The fourth-order valence-electron chi connectivity index (χ4n) is 2.87. The van der Waals surface area contributed by atoms with Crippen LogP contribution in [0.25, 0.3) is 0 Å². The van der Waals surface area contributed by atoms with Crippen LogP contribution < -0.4 is 0 Å². The zero-order valence-electron chi connectivity index (χ0n) is 10.7. The largest absolute Gasteiger partial charge is 0.337 e. The second kappa shape index (κ2) is 5.20. The van der Waals surface area contributed by atoms with Crippen molar-refractivity contribution in [3.8, 4) is 0 Å². The highest BCUT2D eigenvalue weighted by Crippen LogP contribution is 2.34. The molecule has 16 heavy (non-hydrogen) atoms. The highest BCUT2D eigenvalue weighted by atomic mass is 16.2. The van der Waals surface area contributed by atoms with Crippen molar-refractivity contribution in [1.29, 1.82) is 0 Å². The van der Waals surface area contributed by atoms with Crippen molar-refractivity contribution in [2.75, 3.05) is 0 Å². The van der Waals surface area contributed by atoms with E-state index in [4.69, 9.17) is 0 Å². The minimum Gasteiger partial charge on any atom is -0.337 e. The SMILES string of the molecule is CC(C)CC(=O)N(C1CCCCC1)C1CC1. The summed E-state index contributed by atoms with van der Waals surface area (Å²) in [6.45, 7) is 4.29. The van der Waals surface area contributed by atoms with Gasteiger partial charge in [-0.1, -0.05) is 33.1 Å². The maximum atomic E-state index is 12.3. The van der Waals surface area contributed by atoms with Crippen molar-refractivity contribution in [3.63, 3.8) is 0 Å². The third-order valence-corrected chi connectivity index (χ3v) is 3.78. The molecule has 0 aromatic heterocycles. The van der Waals surface area contributed by atoms with Gasteiger partial charge in [-0.2, -0.15) is 0 Å². The van der Waals surface area contributed by atoms with E-state index >= 15 is 0 Å². The summed E-state index contributed by atoms with van der Waals surface area (Å²) in [5.74, 6) is 0.918. The molecule has 0 aliphatic heterocycles. The average molecular weight is 223 g/mol. The van der Waals surface area contributed by atoms with Gasteiger partial charge in [0, 0.05) is 18.5 Å². The van der Waals surface area contributed by atoms with Gasteiger partial charge in [-0.3, -0.25) is 4.79 Å². The molecule has 0 radical (unpaired) electrons. The van der Waals surface area contributed by atoms with Crippen LogP contribution in [0.3, 0.4) is 0 Å². The van der Waals surface area contributed by atoms with E-state index < -0.39 is 0 Å². The maximum absolute atomic E-state index is 12.3. The number of hydrogen-bond donors (Lipinski definition) is 0. The summed E-state index contributed by atoms with van der Waals surface area (Å²) in [7, 11) is 0. The van der Waals surface area contributed by atoms with Gasteiger partial charge in [0.25, 0.3) is 0 Å². The number of carbonyl (C=O) groups excluding carboxylic acids is 1. The van der Waals surface area contributed by atoms with Gasteiger partial charge in [0.05, 0.1) is 0 Å². The van der Waals surface area contributed by atoms with Crippen LogP contribution in [-0.4, -0.2) is 22.9 Å². The first-order valence-electron chi connectivity index (χ1n) is 6.99. The molecule has 92 valence electrons. The highest BCUT2D eigenvalue weighted by molar-refractivity contribution is 5.77. The summed E-state index contributed by atoms with van der Waals surface area (Å²) < 4.78 is 0. The average Bonchev–Trinajstić information content (AvgIpc) is 3.03. The maximum Gasteiger partial charge on any atom is 0.223 e. The van der Waals surface area contributed by atoms with Crippen molar-refractivity contribution in [2.45, 2.75) is 77.3 Å². The van der Waals surface area contributed by atoms with Crippen molar-refractivity contribution in [3.05, 3.63) is 0 Å². The molecule has 0 bridgehead atoms. The predicted octanol–water partition coefficient (Wildman–Crippen LogP) is 3.36. The van der Waals surface area contributed by atoms with Crippen LogP contribution in [0.4, 0.5) is 0 Å². The van der Waals surface area contributed by atoms with Crippen molar-refractivity contribution in [1.82, 2.24) is 4.90 Å². The lowest BCUT2D eigenvalue weighted by Gasteiger charge is -2.35. The summed E-state index contributed by atoms with van der Waals surface area (Å²) in [5.41, 5.74) is 0. The first kappa shape index (κ1) is 11.9. The Morgan fingerprint density at radius 1 is 1.06 bits per heavy atom. The van der Waals surface area contributed by atoms with E-state index in [0.717, 1.165) is 6.42 Å². The molecule has 1 amide bonds. The quantitative estimate of drug-likeness (QED) is 0.715. The minimum atomic E-state index is 0.421. The van der Waals surface area contributed by atoms with Crippen LogP contribution in [0.5, 0.6) is 0 Å². The Hall–Kier alpha value is -0.530. The number of carbonyl (C=O) groups is 1. The van der Waals surface area contributed by atoms with Crippen LogP contribution in [0, 0.1) is 5.92 Å². The Morgan fingerprint density at radius 2 is 1.62 bits per heavy atom. The van der Waals surface area contributed by atoms with Gasteiger partial charge >= 0.3 is 0 Å². The summed E-state index contributed by atoms with van der Waals surface area (Å²) in [4.78, 5) is 14.5. The van der Waals surface area contributed by atoms with Gasteiger partial charge in [0.15, 0.2) is 0 Å². The third-order valence-electron chi connectivity index (χ3n) is 3.78. The van der Waals surface area contributed by atoms with Gasteiger partial charge in [-0.05, 0) is 31.6 Å².